The maximum atomic E-state index is 12.8. The number of hydrogen-bond donors (Lipinski definition) is 2. The Labute approximate surface area is 147 Å². The van der Waals surface area contributed by atoms with Crippen molar-refractivity contribution in [1.82, 2.24) is 10.2 Å². The van der Waals surface area contributed by atoms with Crippen LogP contribution in [0.5, 0.6) is 0 Å². The van der Waals surface area contributed by atoms with Gasteiger partial charge in [-0.1, -0.05) is 32.0 Å². The zero-order chi connectivity index (χ0) is 17.7. The van der Waals surface area contributed by atoms with Gasteiger partial charge in [-0.15, -0.1) is 0 Å². The first-order valence-corrected chi connectivity index (χ1v) is 9.68. The Morgan fingerprint density at radius 1 is 1.38 bits per heavy atom. The Bertz CT molecular complexity index is 591. The number of carbonyl (C=O) groups excluding carboxylic acids is 2. The molecule has 1 aromatic carbocycles. The van der Waals surface area contributed by atoms with Crippen LogP contribution in [0.3, 0.4) is 0 Å². The Balaban J connectivity index is 2.13. The molecule has 0 radical (unpaired) electrons. The fourth-order valence-corrected chi connectivity index (χ4v) is 3.58. The van der Waals surface area contributed by atoms with Crippen LogP contribution in [0.15, 0.2) is 24.3 Å². The van der Waals surface area contributed by atoms with Crippen molar-refractivity contribution in [3.05, 3.63) is 35.4 Å². The quantitative estimate of drug-likeness (QED) is 0.751. The first kappa shape index (κ1) is 18.8. The highest BCUT2D eigenvalue weighted by Gasteiger charge is 2.38. The molecule has 0 saturated carbocycles. The van der Waals surface area contributed by atoms with E-state index in [-0.39, 0.29) is 30.4 Å². The summed E-state index contributed by atoms with van der Waals surface area (Å²) >= 11 is 1.68. The summed E-state index contributed by atoms with van der Waals surface area (Å²) in [6.45, 7) is 4.25. The normalized spacial score (nSPS) is 16.2. The number of rotatable bonds is 8. The van der Waals surface area contributed by atoms with E-state index in [1.807, 2.05) is 44.4 Å². The van der Waals surface area contributed by atoms with E-state index in [2.05, 4.69) is 5.32 Å². The molecule has 0 unspecified atom stereocenters. The number of fused-ring (bicyclic) bond motifs is 1. The molecule has 0 aromatic heterocycles. The molecule has 6 heteroatoms. The zero-order valence-electron chi connectivity index (χ0n) is 14.5. The van der Waals surface area contributed by atoms with E-state index >= 15 is 0 Å². The fourth-order valence-electron chi connectivity index (χ4n) is 3.06. The number of nitrogens with zero attached hydrogens (tertiary/aromatic N) is 1. The molecule has 0 aliphatic carbocycles. The molecule has 1 heterocycles. The van der Waals surface area contributed by atoms with Crippen molar-refractivity contribution in [2.45, 2.75) is 38.9 Å². The number of aliphatic hydroxyl groups excluding tert-OH is 1. The molecule has 1 aromatic rings. The number of thioether (sulfide) groups is 1. The standard InChI is InChI=1S/C18H26N2O3S/c1-12(2)16(17(22)19-14(11-21)8-9-24-3)20-10-13-6-4-5-7-15(13)18(20)23/h4-7,12,14,16,21H,8-11H2,1-3H3,(H,19,22)/t14-,16+/m0/s1. The van der Waals surface area contributed by atoms with Gasteiger partial charge in [0.15, 0.2) is 0 Å². The van der Waals surface area contributed by atoms with Gasteiger partial charge in [0.1, 0.15) is 6.04 Å². The summed E-state index contributed by atoms with van der Waals surface area (Å²) in [6, 6.07) is 6.68. The van der Waals surface area contributed by atoms with Crippen LogP contribution in [-0.2, 0) is 11.3 Å². The van der Waals surface area contributed by atoms with Crippen LogP contribution < -0.4 is 5.32 Å². The molecule has 2 rings (SSSR count). The highest BCUT2D eigenvalue weighted by atomic mass is 32.2. The minimum Gasteiger partial charge on any atom is -0.394 e. The highest BCUT2D eigenvalue weighted by Crippen LogP contribution is 2.27. The van der Waals surface area contributed by atoms with Gasteiger partial charge in [0, 0.05) is 12.1 Å². The van der Waals surface area contributed by atoms with Crippen molar-refractivity contribution in [1.29, 1.82) is 0 Å². The minimum absolute atomic E-state index is 0.0110. The van der Waals surface area contributed by atoms with Crippen LogP contribution in [-0.4, -0.2) is 52.5 Å². The van der Waals surface area contributed by atoms with Gasteiger partial charge in [-0.05, 0) is 36.0 Å². The van der Waals surface area contributed by atoms with E-state index in [0.717, 1.165) is 11.3 Å². The molecule has 2 atom stereocenters. The predicted molar refractivity (Wildman–Crippen MR) is 97.0 cm³/mol. The summed E-state index contributed by atoms with van der Waals surface area (Å²) in [6.07, 6.45) is 2.70. The second-order valence-electron chi connectivity index (χ2n) is 6.45. The first-order valence-electron chi connectivity index (χ1n) is 8.28. The number of nitrogens with one attached hydrogen (secondary N) is 1. The Hall–Kier alpha value is -1.53. The average Bonchev–Trinajstić information content (AvgIpc) is 2.88. The van der Waals surface area contributed by atoms with Gasteiger partial charge >= 0.3 is 0 Å². The lowest BCUT2D eigenvalue weighted by Crippen LogP contribution is -2.53. The summed E-state index contributed by atoms with van der Waals surface area (Å²) in [5, 5.41) is 12.4. The van der Waals surface area contributed by atoms with Gasteiger partial charge in [-0.2, -0.15) is 11.8 Å². The average molecular weight is 350 g/mol. The lowest BCUT2D eigenvalue weighted by atomic mass is 10.0. The predicted octanol–water partition coefficient (Wildman–Crippen LogP) is 1.90. The largest absolute Gasteiger partial charge is 0.394 e. The SMILES string of the molecule is CSCC[C@@H](CO)NC(=O)[C@@H](C(C)C)N1Cc2ccccc2C1=O. The summed E-state index contributed by atoms with van der Waals surface area (Å²) in [5.74, 6) is 0.574. The fraction of sp³-hybridized carbons (Fsp3) is 0.556. The lowest BCUT2D eigenvalue weighted by molar-refractivity contribution is -0.128. The molecular formula is C18H26N2O3S. The zero-order valence-corrected chi connectivity index (χ0v) is 15.3. The second kappa shape index (κ2) is 8.53. The van der Waals surface area contributed by atoms with Gasteiger partial charge < -0.3 is 15.3 Å². The molecule has 0 bridgehead atoms. The number of amides is 2. The van der Waals surface area contributed by atoms with Gasteiger partial charge in [-0.3, -0.25) is 9.59 Å². The van der Waals surface area contributed by atoms with Gasteiger partial charge in [-0.25, -0.2) is 0 Å². The Morgan fingerprint density at radius 3 is 2.67 bits per heavy atom. The second-order valence-corrected chi connectivity index (χ2v) is 7.43. The molecule has 2 amide bonds. The molecular weight excluding hydrogens is 324 g/mol. The van der Waals surface area contributed by atoms with E-state index in [1.54, 1.807) is 16.7 Å². The molecule has 1 aliphatic heterocycles. The van der Waals surface area contributed by atoms with Crippen LogP contribution in [0.2, 0.25) is 0 Å². The number of hydrogen-bond acceptors (Lipinski definition) is 4. The third-order valence-electron chi connectivity index (χ3n) is 4.32. The molecule has 2 N–H and O–H groups in total. The van der Waals surface area contributed by atoms with Crippen LogP contribution in [0, 0.1) is 5.92 Å². The smallest absolute Gasteiger partial charge is 0.255 e. The highest BCUT2D eigenvalue weighted by molar-refractivity contribution is 7.98. The van der Waals surface area contributed by atoms with Gasteiger partial charge in [0.2, 0.25) is 5.91 Å². The number of carbonyl (C=O) groups is 2. The molecule has 1 aliphatic rings. The Morgan fingerprint density at radius 2 is 2.08 bits per heavy atom. The van der Waals surface area contributed by atoms with Gasteiger partial charge in [0.05, 0.1) is 12.6 Å². The summed E-state index contributed by atoms with van der Waals surface area (Å²) in [4.78, 5) is 27.1. The maximum Gasteiger partial charge on any atom is 0.255 e. The molecule has 0 saturated heterocycles. The summed E-state index contributed by atoms with van der Waals surface area (Å²) in [7, 11) is 0. The summed E-state index contributed by atoms with van der Waals surface area (Å²) in [5.41, 5.74) is 1.64. The van der Waals surface area contributed by atoms with Crippen LogP contribution >= 0.6 is 11.8 Å². The van der Waals surface area contributed by atoms with E-state index in [9.17, 15) is 14.7 Å². The molecule has 0 fully saturated rings. The summed E-state index contributed by atoms with van der Waals surface area (Å²) < 4.78 is 0. The van der Waals surface area contributed by atoms with E-state index in [4.69, 9.17) is 0 Å². The molecule has 24 heavy (non-hydrogen) atoms. The Kier molecular flexibility index (Phi) is 6.69. The van der Waals surface area contributed by atoms with Crippen LogP contribution in [0.1, 0.15) is 36.2 Å². The molecule has 5 nitrogen and oxygen atoms in total. The minimum atomic E-state index is -0.534. The van der Waals surface area contributed by atoms with E-state index in [0.29, 0.717) is 18.5 Å². The van der Waals surface area contributed by atoms with Crippen molar-refractivity contribution >= 4 is 23.6 Å². The monoisotopic (exact) mass is 350 g/mol. The van der Waals surface area contributed by atoms with Crippen LogP contribution in [0.25, 0.3) is 0 Å². The van der Waals surface area contributed by atoms with Crippen LogP contribution in [0.4, 0.5) is 0 Å². The van der Waals surface area contributed by atoms with E-state index < -0.39 is 6.04 Å². The third-order valence-corrected chi connectivity index (χ3v) is 4.97. The van der Waals surface area contributed by atoms with Crippen molar-refractivity contribution in [2.24, 2.45) is 5.92 Å². The number of benzene rings is 1. The van der Waals surface area contributed by atoms with Crippen molar-refractivity contribution in [3.8, 4) is 0 Å². The first-order chi connectivity index (χ1) is 11.5. The third kappa shape index (κ3) is 4.11. The molecule has 0 spiro atoms. The number of aliphatic hydroxyl groups is 1. The lowest BCUT2D eigenvalue weighted by Gasteiger charge is -2.31. The van der Waals surface area contributed by atoms with Gasteiger partial charge in [0.25, 0.3) is 5.91 Å². The molecule has 132 valence electrons. The topological polar surface area (TPSA) is 69.6 Å². The van der Waals surface area contributed by atoms with Crippen molar-refractivity contribution in [3.63, 3.8) is 0 Å². The van der Waals surface area contributed by atoms with E-state index in [1.165, 1.54) is 0 Å². The maximum absolute atomic E-state index is 12.8. The van der Waals surface area contributed by atoms with Crippen molar-refractivity contribution in [2.75, 3.05) is 18.6 Å². The van der Waals surface area contributed by atoms with Crippen molar-refractivity contribution < 1.29 is 14.7 Å².